The maximum Gasteiger partial charge on any atom is 0.133 e. The van der Waals surface area contributed by atoms with Crippen LogP contribution in [0.25, 0.3) is 6.08 Å². The van der Waals surface area contributed by atoms with Crippen LogP contribution in [0, 0.1) is 23.2 Å². The first kappa shape index (κ1) is 13.1. The van der Waals surface area contributed by atoms with E-state index in [4.69, 9.17) is 16.9 Å². The van der Waals surface area contributed by atoms with Gasteiger partial charge in [-0.05, 0) is 24.3 Å². The molecule has 0 fully saturated rings. The summed E-state index contributed by atoms with van der Waals surface area (Å²) >= 11 is 5.64. The Bertz CT molecular complexity index is 645. The molecule has 2 aromatic rings. The van der Waals surface area contributed by atoms with E-state index in [1.54, 1.807) is 6.20 Å². The van der Waals surface area contributed by atoms with Crippen molar-refractivity contribution in [1.29, 1.82) is 5.26 Å². The van der Waals surface area contributed by atoms with Crippen LogP contribution in [0.3, 0.4) is 0 Å². The molecule has 0 saturated heterocycles. The van der Waals surface area contributed by atoms with Crippen LogP contribution >= 0.6 is 11.6 Å². The Morgan fingerprint density at radius 3 is 2.74 bits per heavy atom. The monoisotopic (exact) mass is 271 g/mol. The Labute approximate surface area is 115 Å². The molecule has 0 heterocycles. The lowest BCUT2D eigenvalue weighted by Gasteiger charge is -2.02. The number of benzene rings is 2. The number of rotatable bonds is 3. The Morgan fingerprint density at radius 1 is 1.32 bits per heavy atom. The van der Waals surface area contributed by atoms with Crippen molar-refractivity contribution in [2.75, 3.05) is 5.32 Å². The molecule has 0 aliphatic rings. The summed E-state index contributed by atoms with van der Waals surface area (Å²) in [6, 6.07) is 15.0. The number of nitrogens with zero attached hydrogens (tertiary/aromatic N) is 1. The predicted octanol–water partition coefficient (Wildman–Crippen LogP) is 4.23. The number of hydrogen-bond acceptors (Lipinski definition) is 2. The smallest absolute Gasteiger partial charge is 0.133 e. The summed E-state index contributed by atoms with van der Waals surface area (Å²) in [4.78, 5) is 0. The molecule has 2 rings (SSSR count). The van der Waals surface area contributed by atoms with Gasteiger partial charge in [-0.1, -0.05) is 29.8 Å². The van der Waals surface area contributed by atoms with Crippen LogP contribution in [0.5, 0.6) is 0 Å². The lowest BCUT2D eigenvalue weighted by molar-refractivity contribution is 0.624. The summed E-state index contributed by atoms with van der Waals surface area (Å²) in [7, 11) is 0. The average molecular weight is 272 g/mol. The molecule has 0 atom stereocenters. The van der Waals surface area contributed by atoms with Gasteiger partial charge in [0.2, 0.25) is 0 Å². The highest BCUT2D eigenvalue weighted by atomic mass is 35.5. The van der Waals surface area contributed by atoms with Crippen LogP contribution in [0.1, 0.15) is 11.1 Å². The molecule has 93 valence electrons. The van der Waals surface area contributed by atoms with Crippen LogP contribution in [0.4, 0.5) is 10.1 Å². The second kappa shape index (κ2) is 6.03. The highest BCUT2D eigenvalue weighted by Crippen LogP contribution is 2.20. The van der Waals surface area contributed by atoms with Crippen molar-refractivity contribution in [2.45, 2.75) is 0 Å². The zero-order valence-corrected chi connectivity index (χ0v) is 10.6. The summed E-state index contributed by atoms with van der Waals surface area (Å²) in [5.74, 6) is -0.550. The molecule has 1 radical (unpaired) electrons. The minimum absolute atomic E-state index is 0.0797. The van der Waals surface area contributed by atoms with Gasteiger partial charge in [0.15, 0.2) is 0 Å². The van der Waals surface area contributed by atoms with Crippen molar-refractivity contribution in [3.63, 3.8) is 0 Å². The van der Waals surface area contributed by atoms with Gasteiger partial charge >= 0.3 is 0 Å². The Balaban J connectivity index is 2.22. The molecule has 0 amide bonds. The minimum atomic E-state index is -0.550. The molecule has 0 unspecified atom stereocenters. The van der Waals surface area contributed by atoms with Gasteiger partial charge in [0.25, 0.3) is 0 Å². The van der Waals surface area contributed by atoms with Crippen molar-refractivity contribution < 1.29 is 4.39 Å². The van der Waals surface area contributed by atoms with Gasteiger partial charge in [-0.2, -0.15) is 5.26 Å². The van der Waals surface area contributed by atoms with Gasteiger partial charge in [-0.15, -0.1) is 0 Å². The van der Waals surface area contributed by atoms with Crippen LogP contribution < -0.4 is 5.32 Å². The van der Waals surface area contributed by atoms with E-state index in [1.807, 2.05) is 36.4 Å². The summed E-state index contributed by atoms with van der Waals surface area (Å²) < 4.78 is 13.7. The van der Waals surface area contributed by atoms with Crippen LogP contribution in [-0.4, -0.2) is 0 Å². The third-order valence-corrected chi connectivity index (χ3v) is 2.61. The van der Waals surface area contributed by atoms with Crippen molar-refractivity contribution in [3.8, 4) is 6.07 Å². The van der Waals surface area contributed by atoms with Gasteiger partial charge in [0.1, 0.15) is 11.9 Å². The van der Waals surface area contributed by atoms with Crippen LogP contribution in [-0.2, 0) is 0 Å². The first-order chi connectivity index (χ1) is 9.20. The van der Waals surface area contributed by atoms with Gasteiger partial charge in [-0.3, -0.25) is 0 Å². The highest BCUT2D eigenvalue weighted by molar-refractivity contribution is 6.30. The van der Waals surface area contributed by atoms with E-state index in [2.05, 4.69) is 11.4 Å². The number of nitriles is 1. The molecule has 0 aliphatic carbocycles. The third-order valence-electron chi connectivity index (χ3n) is 2.41. The fraction of sp³-hybridized carbons (Fsp3) is 0. The molecule has 0 aliphatic heterocycles. The molecule has 1 N–H and O–H groups in total. The van der Waals surface area contributed by atoms with Crippen molar-refractivity contribution in [3.05, 3.63) is 70.6 Å². The van der Waals surface area contributed by atoms with E-state index in [1.165, 1.54) is 6.08 Å². The number of nitrogens with one attached hydrogen (secondary N) is 1. The standard InChI is InChI=1S/C15H9ClFN2/c16-12-8-11(10-18)14(15(17)9-12)6-7-19-13-4-2-1-3-5-13/h1-7,9,19H. The first-order valence-electron chi connectivity index (χ1n) is 5.50. The largest absolute Gasteiger partial charge is 0.362 e. The normalized spacial score (nSPS) is 10.4. The minimum Gasteiger partial charge on any atom is -0.362 e. The zero-order chi connectivity index (χ0) is 13.7. The predicted molar refractivity (Wildman–Crippen MR) is 74.1 cm³/mol. The second-order valence-corrected chi connectivity index (χ2v) is 4.12. The summed E-state index contributed by atoms with van der Waals surface area (Å²) in [5, 5.41) is 12.0. The maximum atomic E-state index is 13.7. The molecule has 0 saturated carbocycles. The quantitative estimate of drug-likeness (QED) is 0.907. The molecule has 0 bridgehead atoms. The average Bonchev–Trinajstić information content (AvgIpc) is 2.42. The molecular weight excluding hydrogens is 263 g/mol. The van der Waals surface area contributed by atoms with Crippen molar-refractivity contribution in [1.82, 2.24) is 0 Å². The summed E-state index contributed by atoms with van der Waals surface area (Å²) in [6.07, 6.45) is 3.05. The van der Waals surface area contributed by atoms with E-state index in [0.29, 0.717) is 0 Å². The van der Waals surface area contributed by atoms with E-state index in [-0.39, 0.29) is 16.1 Å². The lowest BCUT2D eigenvalue weighted by Crippen LogP contribution is -1.91. The van der Waals surface area contributed by atoms with Crippen LogP contribution in [0.2, 0.25) is 5.02 Å². The van der Waals surface area contributed by atoms with Gasteiger partial charge < -0.3 is 5.32 Å². The van der Waals surface area contributed by atoms with E-state index < -0.39 is 5.82 Å². The second-order valence-electron chi connectivity index (χ2n) is 3.71. The molecule has 2 nitrogen and oxygen atoms in total. The first-order valence-corrected chi connectivity index (χ1v) is 5.88. The van der Waals surface area contributed by atoms with Gasteiger partial charge in [0.05, 0.1) is 10.6 Å². The summed E-state index contributed by atoms with van der Waals surface area (Å²) in [5.41, 5.74) is 1.11. The van der Waals surface area contributed by atoms with E-state index >= 15 is 0 Å². The maximum absolute atomic E-state index is 13.7. The number of para-hydroxylation sites is 1. The van der Waals surface area contributed by atoms with Crippen molar-refractivity contribution >= 4 is 23.4 Å². The molecule has 4 heteroatoms. The number of halogens is 2. The molecular formula is C15H9ClFN2. The van der Waals surface area contributed by atoms with Crippen molar-refractivity contribution in [2.24, 2.45) is 0 Å². The molecule has 2 aromatic carbocycles. The molecule has 0 aromatic heterocycles. The Hall–Kier alpha value is -2.31. The SMILES string of the molecule is N#Cc1[c]c(Cl)cc(F)c1C=CNc1ccccc1. The third kappa shape index (κ3) is 3.34. The highest BCUT2D eigenvalue weighted by Gasteiger charge is 2.07. The zero-order valence-electron chi connectivity index (χ0n) is 9.82. The van der Waals surface area contributed by atoms with Crippen LogP contribution in [0.15, 0.2) is 42.6 Å². The lowest BCUT2D eigenvalue weighted by atomic mass is 10.1. The van der Waals surface area contributed by atoms with E-state index in [0.717, 1.165) is 11.8 Å². The fourth-order valence-electron chi connectivity index (χ4n) is 1.54. The Morgan fingerprint density at radius 2 is 2.05 bits per heavy atom. The van der Waals surface area contributed by atoms with Gasteiger partial charge in [-0.25, -0.2) is 4.39 Å². The fourth-order valence-corrected chi connectivity index (χ4v) is 1.73. The topological polar surface area (TPSA) is 35.8 Å². The molecule has 0 spiro atoms. The summed E-state index contributed by atoms with van der Waals surface area (Å²) in [6.45, 7) is 0. The molecule has 19 heavy (non-hydrogen) atoms. The Kier molecular flexibility index (Phi) is 4.17. The van der Waals surface area contributed by atoms with Gasteiger partial charge in [0, 0.05) is 23.5 Å². The number of anilines is 1. The van der Waals surface area contributed by atoms with E-state index in [9.17, 15) is 4.39 Å². The number of hydrogen-bond donors (Lipinski definition) is 1.